The standard InChI is InChI=1S/C14H15Br2NO3/c1-20-14(19)9-4-6-17(7-5-9)13(18)11-8-10(15)2-3-12(11)16/h2-3,8-9H,4-7H2,1H3. The molecule has 0 saturated carbocycles. The maximum absolute atomic E-state index is 12.5. The summed E-state index contributed by atoms with van der Waals surface area (Å²) in [5.41, 5.74) is 0.635. The smallest absolute Gasteiger partial charge is 0.308 e. The highest BCUT2D eigenvalue weighted by Crippen LogP contribution is 2.25. The van der Waals surface area contributed by atoms with Gasteiger partial charge in [-0.2, -0.15) is 0 Å². The Bertz CT molecular complexity index is 525. The van der Waals surface area contributed by atoms with Gasteiger partial charge in [-0.1, -0.05) is 15.9 Å². The first-order valence-electron chi connectivity index (χ1n) is 6.35. The number of hydrogen-bond acceptors (Lipinski definition) is 3. The molecule has 0 aliphatic carbocycles. The zero-order valence-corrected chi connectivity index (χ0v) is 14.2. The van der Waals surface area contributed by atoms with Crippen molar-refractivity contribution in [3.8, 4) is 0 Å². The summed E-state index contributed by atoms with van der Waals surface area (Å²) in [6.45, 7) is 1.16. The Morgan fingerprint density at radius 3 is 2.50 bits per heavy atom. The summed E-state index contributed by atoms with van der Waals surface area (Å²) < 4.78 is 6.40. The van der Waals surface area contributed by atoms with Crippen molar-refractivity contribution in [1.82, 2.24) is 4.90 Å². The molecule has 6 heteroatoms. The van der Waals surface area contributed by atoms with E-state index in [2.05, 4.69) is 31.9 Å². The SMILES string of the molecule is COC(=O)C1CCN(C(=O)c2cc(Br)ccc2Br)CC1. The molecule has 1 aliphatic heterocycles. The Morgan fingerprint density at radius 2 is 1.90 bits per heavy atom. The number of carbonyl (C=O) groups excluding carboxylic acids is 2. The Hall–Kier alpha value is -0.880. The van der Waals surface area contributed by atoms with E-state index in [1.807, 2.05) is 12.1 Å². The van der Waals surface area contributed by atoms with Crippen molar-refractivity contribution in [3.05, 3.63) is 32.7 Å². The van der Waals surface area contributed by atoms with E-state index in [1.165, 1.54) is 7.11 Å². The van der Waals surface area contributed by atoms with Gasteiger partial charge in [0.2, 0.25) is 0 Å². The topological polar surface area (TPSA) is 46.6 Å². The third-order valence-corrected chi connectivity index (χ3v) is 4.66. The number of likely N-dealkylation sites (tertiary alicyclic amines) is 1. The highest BCUT2D eigenvalue weighted by Gasteiger charge is 2.28. The van der Waals surface area contributed by atoms with Gasteiger partial charge in [0, 0.05) is 22.0 Å². The van der Waals surface area contributed by atoms with Gasteiger partial charge in [0.1, 0.15) is 0 Å². The second-order valence-electron chi connectivity index (χ2n) is 4.71. The summed E-state index contributed by atoms with van der Waals surface area (Å²) >= 11 is 6.78. The largest absolute Gasteiger partial charge is 0.469 e. The van der Waals surface area contributed by atoms with Gasteiger partial charge in [0.15, 0.2) is 0 Å². The summed E-state index contributed by atoms with van der Waals surface area (Å²) in [7, 11) is 1.40. The Balaban J connectivity index is 2.05. The lowest BCUT2D eigenvalue weighted by Crippen LogP contribution is -2.40. The highest BCUT2D eigenvalue weighted by molar-refractivity contribution is 9.11. The molecule has 20 heavy (non-hydrogen) atoms. The minimum atomic E-state index is -0.180. The average Bonchev–Trinajstić information content (AvgIpc) is 2.48. The molecule has 1 fully saturated rings. The predicted octanol–water partition coefficient (Wildman–Crippen LogP) is 3.24. The minimum absolute atomic E-state index is 0.0125. The van der Waals surface area contributed by atoms with Crippen molar-refractivity contribution in [2.75, 3.05) is 20.2 Å². The van der Waals surface area contributed by atoms with E-state index < -0.39 is 0 Å². The number of ether oxygens (including phenoxy) is 1. The molecule has 0 aromatic heterocycles. The van der Waals surface area contributed by atoms with Crippen molar-refractivity contribution < 1.29 is 14.3 Å². The number of methoxy groups -OCH3 is 1. The van der Waals surface area contributed by atoms with Crippen molar-refractivity contribution in [1.29, 1.82) is 0 Å². The van der Waals surface area contributed by atoms with E-state index in [4.69, 9.17) is 4.74 Å². The van der Waals surface area contributed by atoms with Gasteiger partial charge in [-0.3, -0.25) is 9.59 Å². The predicted molar refractivity (Wildman–Crippen MR) is 82.5 cm³/mol. The lowest BCUT2D eigenvalue weighted by atomic mass is 9.96. The van der Waals surface area contributed by atoms with Crippen molar-refractivity contribution in [3.63, 3.8) is 0 Å². The van der Waals surface area contributed by atoms with Crippen LogP contribution in [-0.2, 0) is 9.53 Å². The number of halogens is 2. The molecule has 2 rings (SSSR count). The fourth-order valence-electron chi connectivity index (χ4n) is 2.32. The molecule has 1 heterocycles. The maximum atomic E-state index is 12.5. The van der Waals surface area contributed by atoms with Crippen LogP contribution in [0.2, 0.25) is 0 Å². The number of benzene rings is 1. The van der Waals surface area contributed by atoms with Gasteiger partial charge >= 0.3 is 5.97 Å². The molecule has 4 nitrogen and oxygen atoms in total. The molecule has 1 aromatic carbocycles. The number of esters is 1. The molecule has 1 aromatic rings. The summed E-state index contributed by atoms with van der Waals surface area (Å²) in [4.78, 5) is 25.7. The summed E-state index contributed by atoms with van der Waals surface area (Å²) in [6.07, 6.45) is 1.31. The Kier molecular flexibility index (Phi) is 5.21. The van der Waals surface area contributed by atoms with Crippen LogP contribution in [0.25, 0.3) is 0 Å². The third-order valence-electron chi connectivity index (χ3n) is 3.48. The van der Waals surface area contributed by atoms with E-state index in [1.54, 1.807) is 11.0 Å². The Labute approximate surface area is 134 Å². The number of piperidine rings is 1. The lowest BCUT2D eigenvalue weighted by Gasteiger charge is -2.31. The first-order chi connectivity index (χ1) is 9.52. The molecule has 0 unspecified atom stereocenters. The van der Waals surface area contributed by atoms with Crippen LogP contribution in [0.3, 0.4) is 0 Å². The molecule has 0 atom stereocenters. The second-order valence-corrected chi connectivity index (χ2v) is 6.48. The Morgan fingerprint density at radius 1 is 1.25 bits per heavy atom. The average molecular weight is 405 g/mol. The molecule has 0 spiro atoms. The molecule has 0 bridgehead atoms. The van der Waals surface area contributed by atoms with Gasteiger partial charge in [-0.25, -0.2) is 0 Å². The van der Waals surface area contributed by atoms with Gasteiger partial charge in [-0.15, -0.1) is 0 Å². The summed E-state index contributed by atoms with van der Waals surface area (Å²) in [6, 6.07) is 5.53. The fourth-order valence-corrected chi connectivity index (χ4v) is 3.09. The zero-order valence-electron chi connectivity index (χ0n) is 11.1. The van der Waals surface area contributed by atoms with E-state index in [0.29, 0.717) is 31.5 Å². The van der Waals surface area contributed by atoms with Gasteiger partial charge in [0.05, 0.1) is 18.6 Å². The normalized spacial score (nSPS) is 16.1. The van der Waals surface area contributed by atoms with Gasteiger partial charge < -0.3 is 9.64 Å². The molecular weight excluding hydrogens is 390 g/mol. The van der Waals surface area contributed by atoms with Crippen LogP contribution < -0.4 is 0 Å². The number of rotatable bonds is 2. The number of nitrogens with zero attached hydrogens (tertiary/aromatic N) is 1. The molecule has 1 saturated heterocycles. The first kappa shape index (κ1) is 15.5. The van der Waals surface area contributed by atoms with Gasteiger partial charge in [0.25, 0.3) is 5.91 Å². The lowest BCUT2D eigenvalue weighted by molar-refractivity contribution is -0.146. The van der Waals surface area contributed by atoms with Gasteiger partial charge in [-0.05, 0) is 47.0 Å². The van der Waals surface area contributed by atoms with Crippen LogP contribution >= 0.6 is 31.9 Å². The maximum Gasteiger partial charge on any atom is 0.308 e. The van der Waals surface area contributed by atoms with E-state index >= 15 is 0 Å². The fraction of sp³-hybridized carbons (Fsp3) is 0.429. The number of hydrogen-bond donors (Lipinski definition) is 0. The summed E-state index contributed by atoms with van der Waals surface area (Å²) in [5.74, 6) is -0.280. The molecule has 0 radical (unpaired) electrons. The van der Waals surface area contributed by atoms with E-state index in [-0.39, 0.29) is 17.8 Å². The van der Waals surface area contributed by atoms with Crippen LogP contribution in [-0.4, -0.2) is 37.0 Å². The number of amides is 1. The summed E-state index contributed by atoms with van der Waals surface area (Å²) in [5, 5.41) is 0. The first-order valence-corrected chi connectivity index (χ1v) is 7.93. The van der Waals surface area contributed by atoms with Crippen LogP contribution in [0.4, 0.5) is 0 Å². The van der Waals surface area contributed by atoms with Crippen molar-refractivity contribution >= 4 is 43.7 Å². The minimum Gasteiger partial charge on any atom is -0.469 e. The molecule has 0 N–H and O–H groups in total. The van der Waals surface area contributed by atoms with Crippen LogP contribution in [0.15, 0.2) is 27.1 Å². The van der Waals surface area contributed by atoms with Crippen LogP contribution in [0.1, 0.15) is 23.2 Å². The third kappa shape index (κ3) is 3.41. The molecule has 108 valence electrons. The quantitative estimate of drug-likeness (QED) is 0.711. The molecule has 1 aliphatic rings. The highest BCUT2D eigenvalue weighted by atomic mass is 79.9. The molecule has 1 amide bonds. The van der Waals surface area contributed by atoms with Crippen molar-refractivity contribution in [2.24, 2.45) is 5.92 Å². The van der Waals surface area contributed by atoms with E-state index in [0.717, 1.165) is 8.95 Å². The van der Waals surface area contributed by atoms with Crippen molar-refractivity contribution in [2.45, 2.75) is 12.8 Å². The zero-order chi connectivity index (χ0) is 14.7. The number of carbonyl (C=O) groups is 2. The second kappa shape index (κ2) is 6.72. The molecular formula is C14H15Br2NO3. The van der Waals surface area contributed by atoms with Crippen LogP contribution in [0.5, 0.6) is 0 Å². The van der Waals surface area contributed by atoms with Crippen LogP contribution in [0, 0.1) is 5.92 Å². The monoisotopic (exact) mass is 403 g/mol. The van der Waals surface area contributed by atoms with E-state index in [9.17, 15) is 9.59 Å².